The number of ether oxygens (including phenoxy) is 1. The lowest BCUT2D eigenvalue weighted by atomic mass is 10.2. The molecule has 1 amide bonds. The number of benzene rings is 1. The number of carbonyl (C=O) groups is 1. The van der Waals surface area contributed by atoms with Crippen molar-refractivity contribution in [3.05, 3.63) is 29.8 Å². The maximum absolute atomic E-state index is 10.8. The van der Waals surface area contributed by atoms with Crippen molar-refractivity contribution in [2.45, 2.75) is 13.0 Å². The van der Waals surface area contributed by atoms with E-state index in [-0.39, 0.29) is 0 Å². The molecule has 4 nitrogen and oxygen atoms in total. The lowest BCUT2D eigenvalue weighted by molar-refractivity contribution is -0.118. The van der Waals surface area contributed by atoms with Gasteiger partial charge in [-0.1, -0.05) is 12.1 Å². The molecule has 0 radical (unpaired) electrons. The summed E-state index contributed by atoms with van der Waals surface area (Å²) in [6.07, 6.45) is 2.00. The van der Waals surface area contributed by atoms with Gasteiger partial charge in [-0.2, -0.15) is 0 Å². The molecule has 18 heavy (non-hydrogen) atoms. The number of rotatable bonds is 4. The Balaban J connectivity index is 1.94. The molecular formula is C14H20N2O2. The Morgan fingerprint density at radius 3 is 2.94 bits per heavy atom. The van der Waals surface area contributed by atoms with Gasteiger partial charge in [0.2, 0.25) is 6.41 Å². The largest absolute Gasteiger partial charge is 0.497 e. The molecule has 0 bridgehead atoms. The molecule has 0 spiro atoms. The summed E-state index contributed by atoms with van der Waals surface area (Å²) in [4.78, 5) is 15.0. The number of carbonyl (C=O) groups excluding carboxylic acids is 1. The lowest BCUT2D eigenvalue weighted by Crippen LogP contribution is -2.29. The standard InChI is InChI=1S/C14H20N2O2/c1-18-14-5-2-4-13(10-14)11-15-6-3-7-16(12-17)9-8-15/h2,4-5,10,12H,3,6-9,11H2,1H3. The summed E-state index contributed by atoms with van der Waals surface area (Å²) < 4.78 is 5.23. The van der Waals surface area contributed by atoms with Gasteiger partial charge in [-0.15, -0.1) is 0 Å². The Morgan fingerprint density at radius 2 is 2.17 bits per heavy atom. The summed E-state index contributed by atoms with van der Waals surface area (Å²) in [5.41, 5.74) is 1.26. The molecule has 0 aromatic heterocycles. The fourth-order valence-corrected chi connectivity index (χ4v) is 2.28. The van der Waals surface area contributed by atoms with Crippen LogP contribution in [0.3, 0.4) is 0 Å². The quantitative estimate of drug-likeness (QED) is 0.754. The molecule has 0 atom stereocenters. The minimum absolute atomic E-state index is 0.827. The first kappa shape index (κ1) is 12.9. The van der Waals surface area contributed by atoms with Gasteiger partial charge in [-0.3, -0.25) is 9.69 Å². The van der Waals surface area contributed by atoms with Crippen LogP contribution in [0.1, 0.15) is 12.0 Å². The molecule has 0 aliphatic carbocycles. The lowest BCUT2D eigenvalue weighted by Gasteiger charge is -2.20. The van der Waals surface area contributed by atoms with Gasteiger partial charge >= 0.3 is 0 Å². The molecule has 98 valence electrons. The zero-order chi connectivity index (χ0) is 12.8. The third-order valence-electron chi connectivity index (χ3n) is 3.31. The Bertz CT molecular complexity index is 395. The maximum atomic E-state index is 10.8. The van der Waals surface area contributed by atoms with Crippen molar-refractivity contribution in [3.63, 3.8) is 0 Å². The Labute approximate surface area is 108 Å². The molecule has 1 saturated heterocycles. The minimum atomic E-state index is 0.827. The Hall–Kier alpha value is -1.55. The highest BCUT2D eigenvalue weighted by atomic mass is 16.5. The van der Waals surface area contributed by atoms with Gasteiger partial charge < -0.3 is 9.64 Å². The zero-order valence-corrected chi connectivity index (χ0v) is 10.8. The molecule has 1 aromatic rings. The third-order valence-corrected chi connectivity index (χ3v) is 3.31. The van der Waals surface area contributed by atoms with Gasteiger partial charge in [0.05, 0.1) is 7.11 Å². The van der Waals surface area contributed by atoms with Crippen LogP contribution < -0.4 is 4.74 Å². The van der Waals surface area contributed by atoms with E-state index in [2.05, 4.69) is 17.0 Å². The first-order chi connectivity index (χ1) is 8.81. The molecule has 0 N–H and O–H groups in total. The van der Waals surface area contributed by atoms with Gasteiger partial charge in [-0.05, 0) is 24.1 Å². The highest BCUT2D eigenvalue weighted by Crippen LogP contribution is 2.15. The Kier molecular flexibility index (Phi) is 4.59. The van der Waals surface area contributed by atoms with Gasteiger partial charge in [-0.25, -0.2) is 0 Å². The van der Waals surface area contributed by atoms with E-state index in [1.165, 1.54) is 5.56 Å². The molecule has 1 fully saturated rings. The van der Waals surface area contributed by atoms with E-state index < -0.39 is 0 Å². The summed E-state index contributed by atoms with van der Waals surface area (Å²) in [6.45, 7) is 4.60. The molecular weight excluding hydrogens is 228 g/mol. The SMILES string of the molecule is COc1cccc(CN2CCCN(C=O)CC2)c1. The van der Waals surface area contributed by atoms with E-state index in [0.29, 0.717) is 0 Å². The predicted molar refractivity (Wildman–Crippen MR) is 70.5 cm³/mol. The van der Waals surface area contributed by atoms with E-state index in [9.17, 15) is 4.79 Å². The average molecular weight is 248 g/mol. The molecule has 1 heterocycles. The molecule has 0 saturated carbocycles. The van der Waals surface area contributed by atoms with E-state index in [0.717, 1.165) is 51.3 Å². The summed E-state index contributed by atoms with van der Waals surface area (Å²) >= 11 is 0. The topological polar surface area (TPSA) is 32.8 Å². The summed E-state index contributed by atoms with van der Waals surface area (Å²) in [6, 6.07) is 8.16. The summed E-state index contributed by atoms with van der Waals surface area (Å²) in [5, 5.41) is 0. The molecule has 2 rings (SSSR count). The fourth-order valence-electron chi connectivity index (χ4n) is 2.28. The van der Waals surface area contributed by atoms with E-state index in [4.69, 9.17) is 4.74 Å². The minimum Gasteiger partial charge on any atom is -0.497 e. The van der Waals surface area contributed by atoms with Crippen LogP contribution in [0.25, 0.3) is 0 Å². The number of hydrogen-bond acceptors (Lipinski definition) is 3. The summed E-state index contributed by atoms with van der Waals surface area (Å²) in [7, 11) is 1.69. The second-order valence-corrected chi connectivity index (χ2v) is 4.62. The number of amides is 1. The normalized spacial score (nSPS) is 17.3. The number of nitrogens with zero attached hydrogens (tertiary/aromatic N) is 2. The van der Waals surface area contributed by atoms with Gasteiger partial charge in [0, 0.05) is 32.7 Å². The predicted octanol–water partition coefficient (Wildman–Crippen LogP) is 1.36. The second-order valence-electron chi connectivity index (χ2n) is 4.62. The zero-order valence-electron chi connectivity index (χ0n) is 10.8. The third kappa shape index (κ3) is 3.47. The van der Waals surface area contributed by atoms with Crippen molar-refractivity contribution in [3.8, 4) is 5.75 Å². The number of hydrogen-bond donors (Lipinski definition) is 0. The molecule has 0 unspecified atom stereocenters. The monoisotopic (exact) mass is 248 g/mol. The van der Waals surface area contributed by atoms with Crippen molar-refractivity contribution in [1.29, 1.82) is 0 Å². The number of methoxy groups -OCH3 is 1. The van der Waals surface area contributed by atoms with Crippen LogP contribution >= 0.6 is 0 Å². The van der Waals surface area contributed by atoms with E-state index in [1.807, 2.05) is 17.0 Å². The molecule has 1 aliphatic heterocycles. The van der Waals surface area contributed by atoms with E-state index >= 15 is 0 Å². The smallest absolute Gasteiger partial charge is 0.209 e. The van der Waals surface area contributed by atoms with Crippen LogP contribution in [0.4, 0.5) is 0 Å². The van der Waals surface area contributed by atoms with Crippen molar-refractivity contribution in [2.24, 2.45) is 0 Å². The van der Waals surface area contributed by atoms with Crippen LogP contribution in [-0.4, -0.2) is 49.5 Å². The molecule has 4 heteroatoms. The fraction of sp³-hybridized carbons (Fsp3) is 0.500. The Morgan fingerprint density at radius 1 is 1.28 bits per heavy atom. The maximum Gasteiger partial charge on any atom is 0.209 e. The molecule has 1 aliphatic rings. The van der Waals surface area contributed by atoms with Crippen molar-refractivity contribution < 1.29 is 9.53 Å². The van der Waals surface area contributed by atoms with Crippen molar-refractivity contribution in [2.75, 3.05) is 33.3 Å². The first-order valence-electron chi connectivity index (χ1n) is 6.36. The van der Waals surface area contributed by atoms with Gasteiger partial charge in [0.25, 0.3) is 0 Å². The van der Waals surface area contributed by atoms with Crippen LogP contribution in [-0.2, 0) is 11.3 Å². The highest BCUT2D eigenvalue weighted by Gasteiger charge is 2.13. The molecule has 1 aromatic carbocycles. The highest BCUT2D eigenvalue weighted by molar-refractivity contribution is 5.46. The van der Waals surface area contributed by atoms with Crippen molar-refractivity contribution >= 4 is 6.41 Å². The van der Waals surface area contributed by atoms with E-state index in [1.54, 1.807) is 7.11 Å². The van der Waals surface area contributed by atoms with Crippen LogP contribution in [0, 0.1) is 0 Å². The van der Waals surface area contributed by atoms with Crippen LogP contribution in [0.15, 0.2) is 24.3 Å². The average Bonchev–Trinajstić information content (AvgIpc) is 2.64. The second kappa shape index (κ2) is 6.40. The van der Waals surface area contributed by atoms with Gasteiger partial charge in [0.1, 0.15) is 5.75 Å². The van der Waals surface area contributed by atoms with Crippen LogP contribution in [0.5, 0.6) is 5.75 Å². The van der Waals surface area contributed by atoms with Gasteiger partial charge in [0.15, 0.2) is 0 Å². The van der Waals surface area contributed by atoms with Crippen LogP contribution in [0.2, 0.25) is 0 Å². The van der Waals surface area contributed by atoms with Crippen molar-refractivity contribution in [1.82, 2.24) is 9.80 Å². The first-order valence-corrected chi connectivity index (χ1v) is 6.36. The summed E-state index contributed by atoms with van der Waals surface area (Å²) in [5.74, 6) is 0.900.